The maximum Gasteiger partial charge on any atom is 0.102 e. The molecule has 0 fully saturated rings. The van der Waals surface area contributed by atoms with Crippen LogP contribution in [0.2, 0.25) is 0 Å². The van der Waals surface area contributed by atoms with Crippen molar-refractivity contribution in [3.63, 3.8) is 0 Å². The van der Waals surface area contributed by atoms with Crippen LogP contribution >= 0.6 is 0 Å². The fourth-order valence-electron chi connectivity index (χ4n) is 12.2. The Bertz CT molecular complexity index is 4710. The summed E-state index contributed by atoms with van der Waals surface area (Å²) in [5, 5.41) is 21.8. The summed E-state index contributed by atoms with van der Waals surface area (Å²) in [7, 11) is 0. The number of pyridine rings is 1. The van der Waals surface area contributed by atoms with Crippen molar-refractivity contribution in [1.82, 2.24) is 23.3 Å². The van der Waals surface area contributed by atoms with Crippen LogP contribution in [-0.4, -0.2) is 23.3 Å². The Labute approximate surface area is 416 Å². The van der Waals surface area contributed by atoms with Crippen molar-refractivity contribution in [2.24, 2.45) is 0 Å². The maximum atomic E-state index is 12.6. The minimum Gasteiger partial charge on any atom is -0.306 e. The first-order valence-corrected chi connectivity index (χ1v) is 24.8. The Hall–Kier alpha value is -9.18. The van der Waals surface area contributed by atoms with E-state index in [1.54, 1.807) is 0 Å². The predicted octanol–water partition coefficient (Wildman–Crippen LogP) is 16.9. The van der Waals surface area contributed by atoms with Crippen LogP contribution in [0.1, 0.15) is 39.2 Å². The molecule has 342 valence electrons. The van der Waals surface area contributed by atoms with Crippen LogP contribution in [0.4, 0.5) is 0 Å². The average Bonchev–Trinajstić information content (AvgIpc) is 4.10. The molecule has 72 heavy (non-hydrogen) atoms. The van der Waals surface area contributed by atoms with Gasteiger partial charge >= 0.3 is 0 Å². The maximum absolute atomic E-state index is 12.6. The first-order valence-electron chi connectivity index (χ1n) is 24.8. The number of aromatic nitrogens is 5. The lowest BCUT2D eigenvalue weighted by molar-refractivity contribution is 1.02. The average molecular weight is 925 g/mol. The van der Waals surface area contributed by atoms with E-state index in [4.69, 9.17) is 4.98 Å². The van der Waals surface area contributed by atoms with Crippen molar-refractivity contribution >= 4 is 87.2 Å². The van der Waals surface area contributed by atoms with Gasteiger partial charge in [-0.05, 0) is 120 Å². The van der Waals surface area contributed by atoms with Crippen LogP contribution in [0.15, 0.2) is 182 Å². The quantitative estimate of drug-likeness (QED) is 0.173. The molecule has 0 aliphatic rings. The molecule has 0 saturated heterocycles. The number of nitriles is 1. The largest absolute Gasteiger partial charge is 0.306 e. The van der Waals surface area contributed by atoms with Crippen LogP contribution in [0, 0.1) is 52.9 Å². The standard InChI is InChI=1S/C66H48N6/c1-38-23-29-58-49(33-38)45-15-7-11-19-54(45)69(58)63-53(37-67)62(44-28-27-42(5)68-43(44)6)64(70-55-20-12-8-16-46(55)50-34-39(2)24-30-59(50)70)66(72-57-22-14-10-18-48(57)52-36-41(4)26-32-61(52)72)65(63)71-56-21-13-9-17-47(56)51-35-40(3)25-31-60(51)71/h7-36H,1-6H3. The third-order valence-electron chi connectivity index (χ3n) is 15.2. The van der Waals surface area contributed by atoms with Gasteiger partial charge in [-0.15, -0.1) is 0 Å². The molecule has 0 aliphatic carbocycles. The third kappa shape index (κ3) is 5.79. The second-order valence-corrected chi connectivity index (χ2v) is 19.8. The summed E-state index contributed by atoms with van der Waals surface area (Å²) in [6, 6.07) is 69.6. The topological polar surface area (TPSA) is 56.4 Å². The number of nitrogens with zero attached hydrogens (tertiary/aromatic N) is 6. The van der Waals surface area contributed by atoms with Crippen molar-refractivity contribution in [1.29, 1.82) is 5.26 Å². The van der Waals surface area contributed by atoms with E-state index in [0.29, 0.717) is 5.56 Å². The highest BCUT2D eigenvalue weighted by atomic mass is 15.1. The minimum absolute atomic E-state index is 0.549. The van der Waals surface area contributed by atoms with E-state index in [9.17, 15) is 5.26 Å². The van der Waals surface area contributed by atoms with Gasteiger partial charge in [0.05, 0.1) is 72.4 Å². The molecule has 9 aromatic carbocycles. The Morgan fingerprint density at radius 3 is 1.01 bits per heavy atom. The lowest BCUT2D eigenvalue weighted by Crippen LogP contribution is -2.17. The van der Waals surface area contributed by atoms with Gasteiger partial charge in [-0.25, -0.2) is 0 Å². The molecule has 0 aliphatic heterocycles. The number of rotatable bonds is 5. The fraction of sp³-hybridized carbons (Fsp3) is 0.0909. The molecular weight excluding hydrogens is 877 g/mol. The van der Waals surface area contributed by atoms with Crippen LogP contribution in [0.25, 0.3) is 121 Å². The summed E-state index contributed by atoms with van der Waals surface area (Å²) in [4.78, 5) is 5.21. The second kappa shape index (κ2) is 15.4. The minimum atomic E-state index is 0.549. The predicted molar refractivity (Wildman–Crippen MR) is 300 cm³/mol. The first-order chi connectivity index (χ1) is 35.2. The zero-order chi connectivity index (χ0) is 48.7. The number of para-hydroxylation sites is 4. The molecule has 5 heterocycles. The summed E-state index contributed by atoms with van der Waals surface area (Å²) in [6.07, 6.45) is 0. The summed E-state index contributed by atoms with van der Waals surface area (Å²) in [5.41, 5.74) is 20.6. The molecule has 0 spiro atoms. The van der Waals surface area contributed by atoms with E-state index in [2.05, 4.69) is 241 Å². The van der Waals surface area contributed by atoms with E-state index in [1.807, 2.05) is 6.92 Å². The van der Waals surface area contributed by atoms with Crippen molar-refractivity contribution in [2.45, 2.75) is 41.5 Å². The van der Waals surface area contributed by atoms with E-state index in [-0.39, 0.29) is 0 Å². The van der Waals surface area contributed by atoms with Gasteiger partial charge in [0.15, 0.2) is 0 Å². The second-order valence-electron chi connectivity index (χ2n) is 19.8. The Balaban J connectivity index is 1.39. The Kier molecular flexibility index (Phi) is 8.94. The summed E-state index contributed by atoms with van der Waals surface area (Å²) >= 11 is 0. The number of aryl methyl sites for hydroxylation is 6. The van der Waals surface area contributed by atoms with E-state index >= 15 is 0 Å². The lowest BCUT2D eigenvalue weighted by Gasteiger charge is -2.30. The smallest absolute Gasteiger partial charge is 0.102 e. The van der Waals surface area contributed by atoms with E-state index in [0.717, 1.165) is 132 Å². The molecule has 6 heteroatoms. The van der Waals surface area contributed by atoms with Crippen LogP contribution in [0.3, 0.4) is 0 Å². The van der Waals surface area contributed by atoms with Crippen molar-refractivity contribution in [3.05, 3.63) is 221 Å². The van der Waals surface area contributed by atoms with E-state index < -0.39 is 0 Å². The van der Waals surface area contributed by atoms with Gasteiger partial charge in [0.25, 0.3) is 0 Å². The van der Waals surface area contributed by atoms with Gasteiger partial charge in [0.2, 0.25) is 0 Å². The van der Waals surface area contributed by atoms with Gasteiger partial charge in [-0.3, -0.25) is 4.98 Å². The van der Waals surface area contributed by atoms with Crippen molar-refractivity contribution in [2.75, 3.05) is 0 Å². The Morgan fingerprint density at radius 2 is 0.653 bits per heavy atom. The number of fused-ring (bicyclic) bond motifs is 12. The highest BCUT2D eigenvalue weighted by Crippen LogP contribution is 2.52. The molecule has 0 bridgehead atoms. The fourth-order valence-corrected chi connectivity index (χ4v) is 12.2. The molecule has 0 atom stereocenters. The highest BCUT2D eigenvalue weighted by Gasteiger charge is 2.35. The highest BCUT2D eigenvalue weighted by molar-refractivity contribution is 6.17. The van der Waals surface area contributed by atoms with Gasteiger partial charge in [-0.1, -0.05) is 125 Å². The summed E-state index contributed by atoms with van der Waals surface area (Å²) in [6.45, 7) is 12.8. The van der Waals surface area contributed by atoms with Crippen LogP contribution in [0.5, 0.6) is 0 Å². The SMILES string of the molecule is Cc1ccc2c(c1)c1ccccc1n2-c1c(C#N)c(-c2ccc(C)nc2C)c(-n2c3ccccc3c3cc(C)ccc32)c(-n2c3ccccc3c3cc(C)ccc32)c1-n1c2ccccc2c2cc(C)ccc21. The third-order valence-corrected chi connectivity index (χ3v) is 15.2. The van der Waals surface area contributed by atoms with Gasteiger partial charge in [0, 0.05) is 65.6 Å². The number of hydrogen-bond donors (Lipinski definition) is 0. The first kappa shape index (κ1) is 41.8. The molecule has 14 rings (SSSR count). The van der Waals surface area contributed by atoms with Crippen molar-refractivity contribution in [3.8, 4) is 39.9 Å². The number of benzene rings is 9. The van der Waals surface area contributed by atoms with Crippen molar-refractivity contribution < 1.29 is 0 Å². The summed E-state index contributed by atoms with van der Waals surface area (Å²) < 4.78 is 9.85. The molecule has 14 aromatic rings. The summed E-state index contributed by atoms with van der Waals surface area (Å²) in [5.74, 6) is 0. The zero-order valence-electron chi connectivity index (χ0n) is 41.0. The molecular formula is C66H48N6. The van der Waals surface area contributed by atoms with E-state index in [1.165, 1.54) is 22.3 Å². The van der Waals surface area contributed by atoms with Gasteiger partial charge in [-0.2, -0.15) is 5.26 Å². The van der Waals surface area contributed by atoms with Crippen LogP contribution in [-0.2, 0) is 0 Å². The molecule has 0 saturated carbocycles. The molecule has 0 amide bonds. The zero-order valence-corrected chi connectivity index (χ0v) is 41.0. The van der Waals surface area contributed by atoms with Crippen LogP contribution < -0.4 is 0 Å². The molecule has 0 radical (unpaired) electrons. The molecule has 0 N–H and O–H groups in total. The van der Waals surface area contributed by atoms with Gasteiger partial charge < -0.3 is 18.3 Å². The van der Waals surface area contributed by atoms with Gasteiger partial charge in [0.1, 0.15) is 6.07 Å². The molecule has 5 aromatic heterocycles. The molecule has 6 nitrogen and oxygen atoms in total. The number of hydrogen-bond acceptors (Lipinski definition) is 2. The molecule has 0 unspecified atom stereocenters. The lowest BCUT2D eigenvalue weighted by atomic mass is 9.91. The normalized spacial score (nSPS) is 12.0. The Morgan fingerprint density at radius 1 is 0.333 bits per heavy atom. The monoisotopic (exact) mass is 924 g/mol.